The third-order valence-electron chi connectivity index (χ3n) is 5.70. The first-order chi connectivity index (χ1) is 16.8. The van der Waals surface area contributed by atoms with Gasteiger partial charge in [0.05, 0.1) is 17.4 Å². The summed E-state index contributed by atoms with van der Waals surface area (Å²) in [5, 5.41) is 10.3. The van der Waals surface area contributed by atoms with Crippen LogP contribution in [0.25, 0.3) is 17.1 Å². The Hall–Kier alpha value is -3.17. The predicted molar refractivity (Wildman–Crippen MR) is 127 cm³/mol. The van der Waals surface area contributed by atoms with Crippen molar-refractivity contribution in [3.05, 3.63) is 42.0 Å². The summed E-state index contributed by atoms with van der Waals surface area (Å²) < 4.78 is 47.2. The number of halogens is 3. The minimum absolute atomic E-state index is 0.107. The molecule has 0 bridgehead atoms. The molecule has 0 spiro atoms. The fraction of sp³-hybridized carbons (Fsp3) is 0.520. The van der Waals surface area contributed by atoms with E-state index in [4.69, 9.17) is 4.52 Å². The molecule has 0 unspecified atom stereocenters. The van der Waals surface area contributed by atoms with Gasteiger partial charge in [-0.1, -0.05) is 63.4 Å². The number of aryl methyl sites for hydroxylation is 1. The van der Waals surface area contributed by atoms with Gasteiger partial charge in [-0.05, 0) is 37.6 Å². The summed E-state index contributed by atoms with van der Waals surface area (Å²) in [6.45, 7) is 3.73. The molecule has 35 heavy (non-hydrogen) atoms. The molecule has 0 radical (unpaired) electrons. The normalized spacial score (nSPS) is 11.7. The third kappa shape index (κ3) is 7.66. The zero-order valence-corrected chi connectivity index (χ0v) is 20.2. The lowest BCUT2D eigenvalue weighted by Crippen LogP contribution is -2.15. The van der Waals surface area contributed by atoms with Crippen LogP contribution in [0.15, 0.2) is 35.0 Å². The summed E-state index contributed by atoms with van der Waals surface area (Å²) in [4.78, 5) is 16.1. The third-order valence-corrected chi connectivity index (χ3v) is 5.70. The van der Waals surface area contributed by atoms with Crippen LogP contribution in [0, 0.1) is 6.92 Å². The van der Waals surface area contributed by atoms with Crippen molar-refractivity contribution in [3.63, 3.8) is 0 Å². The van der Waals surface area contributed by atoms with Crippen molar-refractivity contribution in [2.45, 2.75) is 84.2 Å². The molecule has 190 valence electrons. The number of nitrogens with one attached hydrogen (secondary N) is 1. The van der Waals surface area contributed by atoms with Crippen LogP contribution < -0.4 is 5.32 Å². The quantitative estimate of drug-likeness (QED) is 0.258. The van der Waals surface area contributed by atoms with Crippen molar-refractivity contribution in [1.29, 1.82) is 0 Å². The van der Waals surface area contributed by atoms with Crippen molar-refractivity contribution < 1.29 is 22.5 Å². The van der Waals surface area contributed by atoms with Gasteiger partial charge in [-0.3, -0.25) is 4.79 Å². The molecule has 0 saturated heterocycles. The second-order valence-corrected chi connectivity index (χ2v) is 8.64. The molecule has 0 aliphatic heterocycles. The minimum Gasteiger partial charge on any atom is -0.334 e. The average Bonchev–Trinajstić information content (AvgIpc) is 3.45. The molecule has 2 aromatic heterocycles. The Morgan fingerprint density at radius 1 is 1.00 bits per heavy atom. The van der Waals surface area contributed by atoms with E-state index in [0.717, 1.165) is 30.1 Å². The number of aromatic nitrogens is 4. The van der Waals surface area contributed by atoms with Gasteiger partial charge in [0.2, 0.25) is 5.91 Å². The molecule has 2 heterocycles. The van der Waals surface area contributed by atoms with Gasteiger partial charge in [0, 0.05) is 12.1 Å². The monoisotopic (exact) mass is 491 g/mol. The van der Waals surface area contributed by atoms with Crippen LogP contribution in [0.4, 0.5) is 18.9 Å². The van der Waals surface area contributed by atoms with E-state index in [0.29, 0.717) is 12.1 Å². The number of amides is 1. The van der Waals surface area contributed by atoms with Gasteiger partial charge < -0.3 is 9.84 Å². The molecule has 7 nitrogen and oxygen atoms in total. The largest absolute Gasteiger partial charge is 0.434 e. The smallest absolute Gasteiger partial charge is 0.334 e. The Morgan fingerprint density at radius 2 is 1.63 bits per heavy atom. The second-order valence-electron chi connectivity index (χ2n) is 8.64. The Labute approximate surface area is 203 Å². The molecule has 1 amide bonds. The van der Waals surface area contributed by atoms with Gasteiger partial charge in [0.25, 0.3) is 5.89 Å². The number of anilines is 1. The van der Waals surface area contributed by atoms with Crippen LogP contribution in [-0.4, -0.2) is 25.8 Å². The zero-order valence-electron chi connectivity index (χ0n) is 20.2. The summed E-state index contributed by atoms with van der Waals surface area (Å²) in [6.07, 6.45) is 7.32. The van der Waals surface area contributed by atoms with Crippen molar-refractivity contribution in [1.82, 2.24) is 19.9 Å². The van der Waals surface area contributed by atoms with Crippen LogP contribution in [0.3, 0.4) is 0 Å². The van der Waals surface area contributed by atoms with Gasteiger partial charge in [-0.25, -0.2) is 4.68 Å². The molecule has 0 atom stereocenters. The molecule has 0 aliphatic rings. The lowest BCUT2D eigenvalue weighted by atomic mass is 10.1. The first-order valence-corrected chi connectivity index (χ1v) is 12.2. The molecule has 0 aliphatic carbocycles. The van der Waals surface area contributed by atoms with E-state index in [-0.39, 0.29) is 28.9 Å². The molecular weight excluding hydrogens is 459 g/mol. The molecular formula is C25H32F3N5O2. The van der Waals surface area contributed by atoms with Crippen LogP contribution in [0.5, 0.6) is 0 Å². The summed E-state index contributed by atoms with van der Waals surface area (Å²) >= 11 is 0. The molecule has 1 aromatic carbocycles. The molecule has 3 rings (SSSR count). The van der Waals surface area contributed by atoms with Crippen LogP contribution in [0.2, 0.25) is 0 Å². The SMILES string of the molecule is CCCCCCCCCCCC(=O)Nc1ccc(-n2ncc(-c3nc(C)no3)c2C(F)(F)F)cc1. The molecule has 10 heteroatoms. The highest BCUT2D eigenvalue weighted by atomic mass is 19.4. The van der Waals surface area contributed by atoms with Crippen molar-refractivity contribution in [3.8, 4) is 17.1 Å². The van der Waals surface area contributed by atoms with Crippen molar-refractivity contribution in [2.75, 3.05) is 5.32 Å². The maximum absolute atomic E-state index is 13.8. The van der Waals surface area contributed by atoms with E-state index in [9.17, 15) is 18.0 Å². The first-order valence-electron chi connectivity index (χ1n) is 12.2. The number of rotatable bonds is 13. The molecule has 1 N–H and O–H groups in total. The highest BCUT2D eigenvalue weighted by Crippen LogP contribution is 2.38. The van der Waals surface area contributed by atoms with E-state index >= 15 is 0 Å². The molecule has 0 saturated carbocycles. The number of hydrogen-bond acceptors (Lipinski definition) is 5. The maximum atomic E-state index is 13.8. The van der Waals surface area contributed by atoms with E-state index in [1.807, 2.05) is 0 Å². The zero-order chi connectivity index (χ0) is 25.3. The predicted octanol–water partition coefficient (Wildman–Crippen LogP) is 7.11. The number of unbranched alkanes of at least 4 members (excludes halogenated alkanes) is 8. The number of hydrogen-bond donors (Lipinski definition) is 1. The number of benzene rings is 1. The van der Waals surface area contributed by atoms with Gasteiger partial charge in [0.1, 0.15) is 0 Å². The second kappa shape index (κ2) is 12.5. The fourth-order valence-electron chi connectivity index (χ4n) is 3.89. The van der Waals surface area contributed by atoms with E-state index < -0.39 is 11.9 Å². The van der Waals surface area contributed by atoms with E-state index in [1.54, 1.807) is 12.1 Å². The highest BCUT2D eigenvalue weighted by Gasteiger charge is 2.40. The molecule has 0 fully saturated rings. The first kappa shape index (κ1) is 26.4. The Kier molecular flexibility index (Phi) is 9.45. The average molecular weight is 492 g/mol. The van der Waals surface area contributed by atoms with Gasteiger partial charge in [-0.15, -0.1) is 0 Å². The number of carbonyl (C=O) groups excluding carboxylic acids is 1. The summed E-state index contributed by atoms with van der Waals surface area (Å²) in [6, 6.07) is 6.06. The molecule has 3 aromatic rings. The standard InChI is InChI=1S/C25H32F3N5O2/c1-3-4-5-6-7-8-9-10-11-12-22(34)31-19-13-15-20(16-14-19)33-23(25(26,27)28)21(17-29-33)24-30-18(2)32-35-24/h13-17H,3-12H2,1-2H3,(H,31,34). The van der Waals surface area contributed by atoms with Gasteiger partial charge in [0.15, 0.2) is 11.5 Å². The van der Waals surface area contributed by atoms with Crippen molar-refractivity contribution >= 4 is 11.6 Å². The summed E-state index contributed by atoms with van der Waals surface area (Å²) in [5.74, 6) is -0.130. The van der Waals surface area contributed by atoms with E-state index in [1.165, 1.54) is 57.6 Å². The van der Waals surface area contributed by atoms with E-state index in [2.05, 4.69) is 27.5 Å². The van der Waals surface area contributed by atoms with Crippen LogP contribution in [0.1, 0.15) is 82.7 Å². The van der Waals surface area contributed by atoms with Gasteiger partial charge in [-0.2, -0.15) is 23.3 Å². The highest BCUT2D eigenvalue weighted by molar-refractivity contribution is 5.90. The number of nitrogens with zero attached hydrogens (tertiary/aromatic N) is 4. The summed E-state index contributed by atoms with van der Waals surface area (Å²) in [7, 11) is 0. The van der Waals surface area contributed by atoms with Crippen LogP contribution >= 0.6 is 0 Å². The lowest BCUT2D eigenvalue weighted by molar-refractivity contribution is -0.142. The summed E-state index contributed by atoms with van der Waals surface area (Å²) in [5.41, 5.74) is -0.598. The topological polar surface area (TPSA) is 85.8 Å². The number of alkyl halides is 3. The lowest BCUT2D eigenvalue weighted by Gasteiger charge is -2.12. The Morgan fingerprint density at radius 3 is 2.20 bits per heavy atom. The maximum Gasteiger partial charge on any atom is 0.434 e. The Balaban J connectivity index is 1.54. The van der Waals surface area contributed by atoms with Gasteiger partial charge >= 0.3 is 6.18 Å². The van der Waals surface area contributed by atoms with Crippen LogP contribution in [-0.2, 0) is 11.0 Å². The fourth-order valence-corrected chi connectivity index (χ4v) is 3.89. The minimum atomic E-state index is -4.70. The van der Waals surface area contributed by atoms with Crippen molar-refractivity contribution in [2.24, 2.45) is 0 Å². The Bertz CT molecular complexity index is 1070. The number of carbonyl (C=O) groups is 1.